The average molecular weight is 454 g/mol. The topological polar surface area (TPSA) is 81.8 Å². The Morgan fingerprint density at radius 1 is 1.29 bits per heavy atom. The van der Waals surface area contributed by atoms with E-state index >= 15 is 0 Å². The summed E-state index contributed by atoms with van der Waals surface area (Å²) in [4.78, 5) is 36.5. The molecule has 1 aliphatic rings. The van der Waals surface area contributed by atoms with Gasteiger partial charge in [-0.2, -0.15) is 0 Å². The summed E-state index contributed by atoms with van der Waals surface area (Å²) < 4.78 is 3.60. The Bertz CT molecular complexity index is 1370. The molecule has 3 aromatic heterocycles. The van der Waals surface area contributed by atoms with E-state index in [4.69, 9.17) is 11.6 Å². The fraction of sp³-hybridized carbons (Fsp3) is 0.273. The number of halogens is 1. The van der Waals surface area contributed by atoms with Crippen molar-refractivity contribution in [2.24, 2.45) is 7.05 Å². The van der Waals surface area contributed by atoms with Gasteiger partial charge in [0.1, 0.15) is 22.5 Å². The van der Waals surface area contributed by atoms with E-state index in [9.17, 15) is 9.59 Å². The molecule has 31 heavy (non-hydrogen) atoms. The monoisotopic (exact) mass is 453 g/mol. The highest BCUT2D eigenvalue weighted by Gasteiger charge is 2.26. The minimum absolute atomic E-state index is 0.0522. The number of amides is 1. The van der Waals surface area contributed by atoms with E-state index in [2.05, 4.69) is 15.3 Å². The van der Waals surface area contributed by atoms with Gasteiger partial charge >= 0.3 is 0 Å². The maximum absolute atomic E-state index is 13.4. The fourth-order valence-corrected chi connectivity index (χ4v) is 5.32. The molecule has 5 rings (SSSR count). The molecule has 0 bridgehead atoms. The van der Waals surface area contributed by atoms with E-state index in [1.165, 1.54) is 11.3 Å². The predicted molar refractivity (Wildman–Crippen MR) is 121 cm³/mol. The predicted octanol–water partition coefficient (Wildman–Crippen LogP) is 3.62. The van der Waals surface area contributed by atoms with E-state index in [1.54, 1.807) is 22.9 Å². The van der Waals surface area contributed by atoms with Gasteiger partial charge in [-0.3, -0.25) is 14.2 Å². The summed E-state index contributed by atoms with van der Waals surface area (Å²) >= 11 is 7.32. The molecule has 0 saturated carbocycles. The first-order valence-corrected chi connectivity index (χ1v) is 11.2. The number of carbonyl (C=O) groups excluding carboxylic acids is 1. The number of hydrogen-bond acceptors (Lipinski definition) is 5. The lowest BCUT2D eigenvalue weighted by molar-refractivity contribution is 0.0945. The molecule has 1 amide bonds. The van der Waals surface area contributed by atoms with Gasteiger partial charge in [0.2, 0.25) is 0 Å². The van der Waals surface area contributed by atoms with Crippen LogP contribution >= 0.6 is 22.9 Å². The number of hydrogen-bond donors (Lipinski definition) is 1. The Morgan fingerprint density at radius 3 is 2.77 bits per heavy atom. The number of imidazole rings is 1. The molecule has 1 aromatic carbocycles. The summed E-state index contributed by atoms with van der Waals surface area (Å²) in [6.07, 6.45) is 5.25. The lowest BCUT2D eigenvalue weighted by Gasteiger charge is -2.19. The molecule has 7 nitrogen and oxygen atoms in total. The van der Waals surface area contributed by atoms with E-state index in [-0.39, 0.29) is 11.5 Å². The first-order valence-electron chi connectivity index (χ1n) is 10.0. The number of carbonyl (C=O) groups is 1. The summed E-state index contributed by atoms with van der Waals surface area (Å²) in [5.74, 6) is 1.25. The Morgan fingerprint density at radius 2 is 2.06 bits per heavy atom. The van der Waals surface area contributed by atoms with Gasteiger partial charge in [-0.05, 0) is 36.6 Å². The van der Waals surface area contributed by atoms with Crippen LogP contribution in [0.5, 0.6) is 0 Å². The number of aryl methyl sites for hydroxylation is 3. The van der Waals surface area contributed by atoms with E-state index in [0.717, 1.165) is 24.2 Å². The summed E-state index contributed by atoms with van der Waals surface area (Å²) in [6.45, 7) is 2.50. The summed E-state index contributed by atoms with van der Waals surface area (Å²) in [5, 5.41) is 4.26. The number of nitrogens with zero attached hydrogens (tertiary/aromatic N) is 4. The second kappa shape index (κ2) is 7.62. The molecule has 0 radical (unpaired) electrons. The van der Waals surface area contributed by atoms with Crippen LogP contribution < -0.4 is 10.9 Å². The smallest absolute Gasteiger partial charge is 0.262 e. The Hall–Kier alpha value is -2.97. The largest absolute Gasteiger partial charge is 0.337 e. The second-order valence-corrected chi connectivity index (χ2v) is 9.11. The summed E-state index contributed by atoms with van der Waals surface area (Å²) in [5.41, 5.74) is 1.48. The Kier molecular flexibility index (Phi) is 4.91. The van der Waals surface area contributed by atoms with Crippen LogP contribution in [0.2, 0.25) is 5.02 Å². The van der Waals surface area contributed by atoms with Crippen molar-refractivity contribution in [1.82, 2.24) is 24.4 Å². The van der Waals surface area contributed by atoms with Crippen LogP contribution in [0.3, 0.4) is 0 Å². The normalized spacial score (nSPS) is 14.0. The van der Waals surface area contributed by atoms with Crippen molar-refractivity contribution in [3.05, 3.63) is 79.7 Å². The molecule has 4 aromatic rings. The van der Waals surface area contributed by atoms with Crippen molar-refractivity contribution in [1.29, 1.82) is 0 Å². The van der Waals surface area contributed by atoms with Gasteiger partial charge in [0, 0.05) is 37.4 Å². The number of benzene rings is 1. The van der Waals surface area contributed by atoms with Crippen LogP contribution in [0.25, 0.3) is 10.2 Å². The molecule has 9 heteroatoms. The van der Waals surface area contributed by atoms with Gasteiger partial charge in [-0.1, -0.05) is 23.7 Å². The van der Waals surface area contributed by atoms with Gasteiger partial charge in [-0.15, -0.1) is 11.3 Å². The highest BCUT2D eigenvalue weighted by molar-refractivity contribution is 7.20. The first-order chi connectivity index (χ1) is 14.9. The van der Waals surface area contributed by atoms with Crippen LogP contribution in [-0.2, 0) is 20.0 Å². The zero-order chi connectivity index (χ0) is 21.7. The van der Waals surface area contributed by atoms with Crippen molar-refractivity contribution in [2.75, 3.05) is 0 Å². The molecule has 1 N–H and O–H groups in total. The van der Waals surface area contributed by atoms with E-state index in [0.29, 0.717) is 38.0 Å². The van der Waals surface area contributed by atoms with E-state index in [1.807, 2.05) is 36.9 Å². The van der Waals surface area contributed by atoms with Gasteiger partial charge in [0.25, 0.3) is 11.5 Å². The zero-order valence-electron chi connectivity index (χ0n) is 17.1. The van der Waals surface area contributed by atoms with Crippen LogP contribution in [0.1, 0.15) is 44.9 Å². The van der Waals surface area contributed by atoms with Gasteiger partial charge in [-0.25, -0.2) is 9.97 Å². The van der Waals surface area contributed by atoms with Gasteiger partial charge in [0.15, 0.2) is 0 Å². The Balaban J connectivity index is 1.56. The Labute approximate surface area is 187 Å². The van der Waals surface area contributed by atoms with Crippen LogP contribution in [-0.4, -0.2) is 25.0 Å². The molecule has 0 saturated heterocycles. The molecule has 0 spiro atoms. The minimum atomic E-state index is -0.464. The van der Waals surface area contributed by atoms with Crippen LogP contribution in [0.4, 0.5) is 0 Å². The van der Waals surface area contributed by atoms with E-state index < -0.39 is 6.04 Å². The second-order valence-electron chi connectivity index (χ2n) is 7.68. The third-order valence-corrected chi connectivity index (χ3v) is 7.15. The maximum Gasteiger partial charge on any atom is 0.262 e. The number of thiophene rings is 1. The molecule has 0 aliphatic carbocycles. The zero-order valence-corrected chi connectivity index (χ0v) is 18.6. The maximum atomic E-state index is 13.4. The fourth-order valence-electron chi connectivity index (χ4n) is 4.10. The lowest BCUT2D eigenvalue weighted by Crippen LogP contribution is -2.31. The number of aromatic nitrogens is 4. The van der Waals surface area contributed by atoms with Crippen molar-refractivity contribution in [2.45, 2.75) is 32.4 Å². The number of rotatable bonds is 4. The summed E-state index contributed by atoms with van der Waals surface area (Å²) in [7, 11) is 1.88. The van der Waals surface area contributed by atoms with Crippen molar-refractivity contribution in [3.8, 4) is 0 Å². The molecule has 1 atom stereocenters. The number of nitrogens with one attached hydrogen (secondary N) is 1. The molecular weight excluding hydrogens is 434 g/mol. The lowest BCUT2D eigenvalue weighted by atomic mass is 10.1. The minimum Gasteiger partial charge on any atom is -0.337 e. The molecule has 4 heterocycles. The number of fused-ring (bicyclic) bond motifs is 2. The molecule has 158 valence electrons. The molecule has 1 aliphatic heterocycles. The SMILES string of the molecule is Cc1c(C(=O)N[C@H](c2ccc(Cl)cc2)c2nccn2C)sc2nc3n(c(=O)c12)CCC3. The average Bonchev–Trinajstić information content (AvgIpc) is 3.46. The van der Waals surface area contributed by atoms with Crippen LogP contribution in [0, 0.1) is 6.92 Å². The third kappa shape index (κ3) is 3.36. The third-order valence-electron chi connectivity index (χ3n) is 5.71. The molecule has 0 fully saturated rings. The van der Waals surface area contributed by atoms with Crippen LogP contribution in [0.15, 0.2) is 41.5 Å². The van der Waals surface area contributed by atoms with Crippen molar-refractivity contribution < 1.29 is 4.79 Å². The highest BCUT2D eigenvalue weighted by atomic mass is 35.5. The van der Waals surface area contributed by atoms with Crippen molar-refractivity contribution >= 4 is 39.1 Å². The molecular formula is C22H20ClN5O2S. The first kappa shape index (κ1) is 20.0. The van der Waals surface area contributed by atoms with Gasteiger partial charge < -0.3 is 9.88 Å². The van der Waals surface area contributed by atoms with Gasteiger partial charge in [0.05, 0.1) is 10.3 Å². The standard InChI is InChI=1S/C22H20ClN5O2S/c1-12-16-21(25-15-4-3-10-28(15)22(16)30)31-18(12)20(29)26-17(19-24-9-11-27(19)2)13-5-7-14(23)8-6-13/h5-9,11,17H,3-4,10H2,1-2H3,(H,26,29)/t17-/m1/s1. The quantitative estimate of drug-likeness (QED) is 0.511. The highest BCUT2D eigenvalue weighted by Crippen LogP contribution is 2.30. The summed E-state index contributed by atoms with van der Waals surface area (Å²) in [6, 6.07) is 6.86. The molecule has 0 unspecified atom stereocenters. The van der Waals surface area contributed by atoms with Crippen molar-refractivity contribution in [3.63, 3.8) is 0 Å².